The van der Waals surface area contributed by atoms with E-state index in [0.29, 0.717) is 27.1 Å². The topological polar surface area (TPSA) is 55.8 Å². The average Bonchev–Trinajstić information content (AvgIpc) is 2.59. The van der Waals surface area contributed by atoms with E-state index < -0.39 is 0 Å². The predicted molar refractivity (Wildman–Crippen MR) is 93.0 cm³/mol. The number of methoxy groups -OCH3 is 2. The Labute approximate surface area is 143 Å². The second-order valence-corrected chi connectivity index (χ2v) is 5.51. The number of hydrogen-bond donors (Lipinski definition) is 1. The lowest BCUT2D eigenvalue weighted by atomic mass is 10.0. The van der Waals surface area contributed by atoms with Crippen molar-refractivity contribution in [3.8, 4) is 11.5 Å². The van der Waals surface area contributed by atoms with E-state index in [1.165, 1.54) is 6.08 Å². The summed E-state index contributed by atoms with van der Waals surface area (Å²) in [6.07, 6.45) is 3.17. The van der Waals surface area contributed by atoms with Gasteiger partial charge in [-0.3, -0.25) is 4.79 Å². The molecule has 5 heteroatoms. The van der Waals surface area contributed by atoms with Gasteiger partial charge in [-0.1, -0.05) is 24.3 Å². The average molecular weight is 377 g/mol. The molecule has 120 valence electrons. The standard InChI is InChI=1S/C18H17BrO4/c1-22-16-10-8-12(17(19)18(16)23-2)7-9-15(21)14-6-4-3-5-13(14)11-20/h3-10,20H,11H2,1-2H3. The minimum absolute atomic E-state index is 0.170. The van der Waals surface area contributed by atoms with Crippen molar-refractivity contribution in [2.75, 3.05) is 14.2 Å². The summed E-state index contributed by atoms with van der Waals surface area (Å²) in [5.74, 6) is 1.00. The Hall–Kier alpha value is -2.11. The SMILES string of the molecule is COc1ccc(C=CC(=O)c2ccccc2CO)c(Br)c1OC. The molecule has 0 radical (unpaired) electrons. The fraction of sp³-hybridized carbons (Fsp3) is 0.167. The van der Waals surface area contributed by atoms with Crippen molar-refractivity contribution in [2.24, 2.45) is 0 Å². The number of halogens is 1. The number of aliphatic hydroxyl groups excluding tert-OH is 1. The van der Waals surface area contributed by atoms with Crippen molar-refractivity contribution in [2.45, 2.75) is 6.61 Å². The van der Waals surface area contributed by atoms with Gasteiger partial charge in [0.05, 0.1) is 25.3 Å². The van der Waals surface area contributed by atoms with Gasteiger partial charge in [0.15, 0.2) is 17.3 Å². The summed E-state index contributed by atoms with van der Waals surface area (Å²) in [5.41, 5.74) is 1.88. The first-order valence-corrected chi connectivity index (χ1v) is 7.73. The quantitative estimate of drug-likeness (QED) is 0.614. The van der Waals surface area contributed by atoms with Crippen LogP contribution in [0.25, 0.3) is 6.08 Å². The minimum Gasteiger partial charge on any atom is -0.493 e. The van der Waals surface area contributed by atoms with Gasteiger partial charge < -0.3 is 14.6 Å². The molecule has 2 aromatic carbocycles. The maximum Gasteiger partial charge on any atom is 0.186 e. The number of allylic oxidation sites excluding steroid dienone is 1. The Bertz CT molecular complexity index is 738. The molecular weight excluding hydrogens is 360 g/mol. The second kappa shape index (κ2) is 7.94. The Morgan fingerprint density at radius 3 is 2.57 bits per heavy atom. The lowest BCUT2D eigenvalue weighted by Gasteiger charge is -2.11. The van der Waals surface area contributed by atoms with Gasteiger partial charge in [-0.25, -0.2) is 0 Å². The Morgan fingerprint density at radius 1 is 1.17 bits per heavy atom. The maximum absolute atomic E-state index is 12.3. The molecule has 4 nitrogen and oxygen atoms in total. The fourth-order valence-electron chi connectivity index (χ4n) is 2.19. The molecule has 0 unspecified atom stereocenters. The first kappa shape index (κ1) is 17.2. The van der Waals surface area contributed by atoms with E-state index in [-0.39, 0.29) is 12.4 Å². The third-order valence-electron chi connectivity index (χ3n) is 3.38. The van der Waals surface area contributed by atoms with Gasteiger partial charge in [-0.05, 0) is 51.3 Å². The molecule has 23 heavy (non-hydrogen) atoms. The molecule has 0 bridgehead atoms. The molecule has 1 N–H and O–H groups in total. The summed E-state index contributed by atoms with van der Waals surface area (Å²) >= 11 is 3.46. The Balaban J connectivity index is 2.32. The summed E-state index contributed by atoms with van der Waals surface area (Å²) in [6, 6.07) is 10.6. The van der Waals surface area contributed by atoms with Crippen LogP contribution in [-0.2, 0) is 6.61 Å². The number of aliphatic hydroxyl groups is 1. The first-order valence-electron chi connectivity index (χ1n) is 6.94. The van der Waals surface area contributed by atoms with Gasteiger partial charge in [0.1, 0.15) is 0 Å². The summed E-state index contributed by atoms with van der Waals surface area (Å²) in [7, 11) is 3.12. The molecule has 0 spiro atoms. The third-order valence-corrected chi connectivity index (χ3v) is 4.20. The summed E-state index contributed by atoms with van der Waals surface area (Å²) in [6.45, 7) is -0.171. The number of benzene rings is 2. The van der Waals surface area contributed by atoms with E-state index >= 15 is 0 Å². The van der Waals surface area contributed by atoms with E-state index in [2.05, 4.69) is 15.9 Å². The highest BCUT2D eigenvalue weighted by atomic mass is 79.9. The Morgan fingerprint density at radius 2 is 1.91 bits per heavy atom. The second-order valence-electron chi connectivity index (χ2n) is 4.72. The highest BCUT2D eigenvalue weighted by Crippen LogP contribution is 2.38. The molecule has 2 aromatic rings. The van der Waals surface area contributed by atoms with Crippen molar-refractivity contribution in [1.82, 2.24) is 0 Å². The van der Waals surface area contributed by atoms with Crippen LogP contribution in [0.15, 0.2) is 46.9 Å². The molecule has 0 saturated carbocycles. The van der Waals surface area contributed by atoms with E-state index in [1.54, 1.807) is 50.6 Å². The zero-order valence-electron chi connectivity index (χ0n) is 12.9. The molecule has 0 atom stereocenters. The van der Waals surface area contributed by atoms with E-state index in [1.807, 2.05) is 6.07 Å². The molecule has 0 aliphatic rings. The maximum atomic E-state index is 12.3. The van der Waals surface area contributed by atoms with Crippen molar-refractivity contribution in [3.63, 3.8) is 0 Å². The van der Waals surface area contributed by atoms with Gasteiger partial charge in [0, 0.05) is 5.56 Å². The van der Waals surface area contributed by atoms with Crippen LogP contribution in [0.5, 0.6) is 11.5 Å². The van der Waals surface area contributed by atoms with Crippen LogP contribution in [0, 0.1) is 0 Å². The molecule has 0 saturated heterocycles. The van der Waals surface area contributed by atoms with Crippen molar-refractivity contribution in [1.29, 1.82) is 0 Å². The highest BCUT2D eigenvalue weighted by molar-refractivity contribution is 9.10. The Kier molecular flexibility index (Phi) is 5.96. The van der Waals surface area contributed by atoms with Crippen LogP contribution in [0.3, 0.4) is 0 Å². The normalized spacial score (nSPS) is 10.8. The van der Waals surface area contributed by atoms with Crippen LogP contribution in [-0.4, -0.2) is 25.1 Å². The van der Waals surface area contributed by atoms with E-state index in [0.717, 1.165) is 5.56 Å². The predicted octanol–water partition coefficient (Wildman–Crippen LogP) is 3.85. The zero-order chi connectivity index (χ0) is 16.8. The molecule has 0 aromatic heterocycles. The third kappa shape index (κ3) is 3.81. The van der Waals surface area contributed by atoms with E-state index in [9.17, 15) is 9.90 Å². The summed E-state index contributed by atoms with van der Waals surface area (Å²) < 4.78 is 11.2. The highest BCUT2D eigenvalue weighted by Gasteiger charge is 2.12. The smallest absolute Gasteiger partial charge is 0.186 e. The van der Waals surface area contributed by atoms with Gasteiger partial charge in [-0.2, -0.15) is 0 Å². The zero-order valence-corrected chi connectivity index (χ0v) is 14.5. The monoisotopic (exact) mass is 376 g/mol. The molecule has 0 amide bonds. The molecular formula is C18H17BrO4. The first-order chi connectivity index (χ1) is 11.1. The number of carbonyl (C=O) groups is 1. The van der Waals surface area contributed by atoms with Crippen LogP contribution >= 0.6 is 15.9 Å². The molecule has 2 rings (SSSR count). The molecule has 0 heterocycles. The van der Waals surface area contributed by atoms with Gasteiger partial charge in [-0.15, -0.1) is 0 Å². The van der Waals surface area contributed by atoms with Crippen molar-refractivity contribution in [3.05, 3.63) is 63.6 Å². The number of rotatable bonds is 6. The lowest BCUT2D eigenvalue weighted by molar-refractivity contribution is 0.104. The lowest BCUT2D eigenvalue weighted by Crippen LogP contribution is -2.00. The van der Waals surface area contributed by atoms with Crippen molar-refractivity contribution < 1.29 is 19.4 Å². The van der Waals surface area contributed by atoms with Gasteiger partial charge in [0.2, 0.25) is 0 Å². The van der Waals surface area contributed by atoms with Crippen LogP contribution < -0.4 is 9.47 Å². The summed E-state index contributed by atoms with van der Waals surface area (Å²) in [4.78, 5) is 12.3. The fourth-order valence-corrected chi connectivity index (χ4v) is 2.81. The minimum atomic E-state index is -0.171. The summed E-state index contributed by atoms with van der Waals surface area (Å²) in [5, 5.41) is 9.31. The molecule has 0 fully saturated rings. The largest absolute Gasteiger partial charge is 0.493 e. The van der Waals surface area contributed by atoms with Gasteiger partial charge in [0.25, 0.3) is 0 Å². The van der Waals surface area contributed by atoms with Crippen LogP contribution in [0.1, 0.15) is 21.5 Å². The van der Waals surface area contributed by atoms with Gasteiger partial charge >= 0.3 is 0 Å². The molecule has 0 aliphatic carbocycles. The number of hydrogen-bond acceptors (Lipinski definition) is 4. The van der Waals surface area contributed by atoms with Crippen LogP contribution in [0.4, 0.5) is 0 Å². The number of ketones is 1. The molecule has 0 aliphatic heterocycles. The van der Waals surface area contributed by atoms with Crippen LogP contribution in [0.2, 0.25) is 0 Å². The van der Waals surface area contributed by atoms with E-state index in [4.69, 9.17) is 9.47 Å². The van der Waals surface area contributed by atoms with Crippen molar-refractivity contribution >= 4 is 27.8 Å². The number of ether oxygens (including phenoxy) is 2. The number of carbonyl (C=O) groups excluding carboxylic acids is 1.